The van der Waals surface area contributed by atoms with Crippen molar-refractivity contribution in [2.45, 2.75) is 39.3 Å². The second-order valence-corrected chi connectivity index (χ2v) is 10.0. The first-order valence-corrected chi connectivity index (χ1v) is 13.7. The number of nitrogens with one attached hydrogen (secondary N) is 1. The quantitative estimate of drug-likeness (QED) is 0.181. The first-order chi connectivity index (χ1) is 19.8. The average molecular weight is 623 g/mol. The predicted octanol–water partition coefficient (Wildman–Crippen LogP) is 7.02. The number of rotatable bonds is 6. The summed E-state index contributed by atoms with van der Waals surface area (Å²) in [5.74, 6) is 0.580. The minimum Gasteiger partial charge on any atom is -0.296 e. The number of aryl methyl sites for hydroxylation is 4. The molecular formula is C27H22ClF3N4O6S. The molecule has 2 amide bonds. The van der Waals surface area contributed by atoms with Gasteiger partial charge in [-0.1, -0.05) is 52.7 Å². The maximum Gasteiger partial charge on any atom is 0.490 e. The van der Waals surface area contributed by atoms with Gasteiger partial charge in [0.05, 0.1) is 21.6 Å². The van der Waals surface area contributed by atoms with Gasteiger partial charge in [0.1, 0.15) is 5.82 Å². The first-order valence-electron chi connectivity index (χ1n) is 12.3. The van der Waals surface area contributed by atoms with E-state index in [1.54, 1.807) is 16.7 Å². The lowest BCUT2D eigenvalue weighted by molar-refractivity contribution is -0.170. The minimum absolute atomic E-state index is 0.190. The maximum absolute atomic E-state index is 13.4. The van der Waals surface area contributed by atoms with Gasteiger partial charge in [0.15, 0.2) is 0 Å². The van der Waals surface area contributed by atoms with E-state index >= 15 is 0 Å². The van der Waals surface area contributed by atoms with Crippen LogP contribution in [0.25, 0.3) is 16.7 Å². The van der Waals surface area contributed by atoms with Crippen LogP contribution in [-0.4, -0.2) is 30.2 Å². The topological polar surface area (TPSA) is 129 Å². The molecule has 0 aliphatic carbocycles. The van der Waals surface area contributed by atoms with E-state index in [4.69, 9.17) is 11.6 Å². The molecule has 0 aliphatic rings. The Bertz CT molecular complexity index is 1800. The van der Waals surface area contributed by atoms with Gasteiger partial charge in [-0.15, -0.1) is 0 Å². The maximum atomic E-state index is 13.4. The number of amides is 2. The monoisotopic (exact) mass is 622 g/mol. The van der Waals surface area contributed by atoms with Gasteiger partial charge in [-0.2, -0.15) is 21.6 Å². The van der Waals surface area contributed by atoms with E-state index in [1.165, 1.54) is 6.07 Å². The average Bonchev–Trinajstić information content (AvgIpc) is 3.28. The van der Waals surface area contributed by atoms with E-state index in [2.05, 4.69) is 24.4 Å². The Morgan fingerprint density at radius 3 is 2.40 bits per heavy atom. The number of carbonyl (C=O) groups excluding carboxylic acids is 2. The first kappa shape index (κ1) is 30.5. The SMILES string of the molecule is CCc1nc2cc(C(F)(F)F)c(Cl)cc2n1-c1ccc(CCc2cc(C)ccc2NC(=O)OOC(=O)N=S(=O)=O)cc1. The van der Waals surface area contributed by atoms with Crippen molar-refractivity contribution in [2.75, 3.05) is 5.32 Å². The third-order valence-electron chi connectivity index (χ3n) is 6.15. The number of halogens is 4. The summed E-state index contributed by atoms with van der Waals surface area (Å²) >= 11 is 5.99. The second-order valence-electron chi connectivity index (χ2n) is 9.02. The summed E-state index contributed by atoms with van der Waals surface area (Å²) in [7, 11) is -3.06. The highest BCUT2D eigenvalue weighted by atomic mass is 35.5. The Morgan fingerprint density at radius 1 is 1.05 bits per heavy atom. The summed E-state index contributed by atoms with van der Waals surface area (Å²) in [5.41, 5.74) is 3.41. The molecule has 0 fully saturated rings. The van der Waals surface area contributed by atoms with Gasteiger partial charge in [0.2, 0.25) is 0 Å². The number of anilines is 1. The fraction of sp³-hybridized carbons (Fsp3) is 0.222. The molecule has 0 radical (unpaired) electrons. The lowest BCUT2D eigenvalue weighted by atomic mass is 10.0. The summed E-state index contributed by atoms with van der Waals surface area (Å²) < 4.78 is 65.1. The Hall–Kier alpha value is -4.43. The summed E-state index contributed by atoms with van der Waals surface area (Å²) in [6.07, 6.45) is -5.85. The molecule has 0 unspecified atom stereocenters. The standard InChI is InChI=1S/C27H22ClF3N4O6S/c1-3-24-32-22-13-19(27(29,30)31)20(28)14-23(22)35(24)18-9-6-16(7-10-18)5-8-17-12-15(2)4-11-21(17)33-25(36)40-41-26(37)34-42(38)39/h4,6-7,9-14H,3,5,8H2,1-2H3,(H,33,36). The third-order valence-corrected chi connectivity index (χ3v) is 6.76. The number of nitrogens with zero attached hydrogens (tertiary/aromatic N) is 3. The van der Waals surface area contributed by atoms with Crippen molar-refractivity contribution < 1.29 is 41.0 Å². The largest absolute Gasteiger partial charge is 0.490 e. The van der Waals surface area contributed by atoms with Gasteiger partial charge in [0.25, 0.3) is 0 Å². The van der Waals surface area contributed by atoms with Crippen LogP contribution in [0.2, 0.25) is 5.02 Å². The molecule has 220 valence electrons. The Kier molecular flexibility index (Phi) is 9.17. The predicted molar refractivity (Wildman–Crippen MR) is 147 cm³/mol. The van der Waals surface area contributed by atoms with E-state index in [1.807, 2.05) is 44.2 Å². The Morgan fingerprint density at radius 2 is 1.76 bits per heavy atom. The normalized spacial score (nSPS) is 11.3. The van der Waals surface area contributed by atoms with Gasteiger partial charge < -0.3 is 0 Å². The van der Waals surface area contributed by atoms with E-state index in [9.17, 15) is 31.2 Å². The van der Waals surface area contributed by atoms with Crippen LogP contribution in [0.1, 0.15) is 35.0 Å². The number of imidazole rings is 1. The molecule has 10 nitrogen and oxygen atoms in total. The zero-order valence-electron chi connectivity index (χ0n) is 22.0. The van der Waals surface area contributed by atoms with Crippen molar-refractivity contribution in [2.24, 2.45) is 4.36 Å². The summed E-state index contributed by atoms with van der Waals surface area (Å²) in [4.78, 5) is 35.8. The van der Waals surface area contributed by atoms with E-state index in [0.29, 0.717) is 42.0 Å². The molecule has 15 heteroatoms. The van der Waals surface area contributed by atoms with Crippen molar-refractivity contribution >= 4 is 51.0 Å². The van der Waals surface area contributed by atoms with Crippen LogP contribution in [0.15, 0.2) is 59.0 Å². The van der Waals surface area contributed by atoms with Crippen molar-refractivity contribution in [1.82, 2.24) is 9.55 Å². The highest BCUT2D eigenvalue weighted by Gasteiger charge is 2.34. The summed E-state index contributed by atoms with van der Waals surface area (Å²) in [5, 5.41) is 2.02. The number of hydrogen-bond donors (Lipinski definition) is 1. The van der Waals surface area contributed by atoms with Gasteiger partial charge in [0, 0.05) is 17.8 Å². The smallest absolute Gasteiger partial charge is 0.296 e. The number of carbonyl (C=O) groups is 2. The number of aromatic nitrogens is 2. The highest BCUT2D eigenvalue weighted by molar-refractivity contribution is 7.62. The van der Waals surface area contributed by atoms with Crippen molar-refractivity contribution in [3.8, 4) is 5.69 Å². The molecule has 0 aliphatic heterocycles. The van der Waals surface area contributed by atoms with Gasteiger partial charge in [-0.3, -0.25) is 9.88 Å². The highest BCUT2D eigenvalue weighted by Crippen LogP contribution is 2.38. The van der Waals surface area contributed by atoms with E-state index < -0.39 is 39.4 Å². The van der Waals surface area contributed by atoms with Crippen molar-refractivity contribution in [1.29, 1.82) is 0 Å². The number of hydrogen-bond acceptors (Lipinski definition) is 7. The van der Waals surface area contributed by atoms with Crippen LogP contribution in [-0.2, 0) is 45.7 Å². The fourth-order valence-corrected chi connectivity index (χ4v) is 4.73. The zero-order chi connectivity index (χ0) is 30.6. The van der Waals surface area contributed by atoms with Crippen LogP contribution >= 0.6 is 11.6 Å². The van der Waals surface area contributed by atoms with Crippen LogP contribution in [0, 0.1) is 6.92 Å². The molecule has 1 N–H and O–H groups in total. The van der Waals surface area contributed by atoms with Gasteiger partial charge >= 0.3 is 28.9 Å². The molecule has 4 aromatic rings. The fourth-order valence-electron chi connectivity index (χ4n) is 4.31. The van der Waals surface area contributed by atoms with E-state index in [-0.39, 0.29) is 5.52 Å². The summed E-state index contributed by atoms with van der Waals surface area (Å²) in [6.45, 7) is 3.73. The molecule has 0 saturated heterocycles. The Balaban J connectivity index is 1.51. The number of alkyl halides is 3. The lowest BCUT2D eigenvalue weighted by Crippen LogP contribution is -2.17. The second kappa shape index (κ2) is 12.6. The minimum atomic E-state index is -4.60. The molecule has 42 heavy (non-hydrogen) atoms. The Labute approximate surface area is 243 Å². The number of fused-ring (bicyclic) bond motifs is 1. The van der Waals surface area contributed by atoms with Gasteiger partial charge in [-0.05, 0) is 61.2 Å². The van der Waals surface area contributed by atoms with Crippen LogP contribution in [0.5, 0.6) is 0 Å². The molecule has 1 heterocycles. The lowest BCUT2D eigenvalue weighted by Gasteiger charge is -2.13. The molecule has 0 bridgehead atoms. The van der Waals surface area contributed by atoms with Crippen LogP contribution in [0.3, 0.4) is 0 Å². The van der Waals surface area contributed by atoms with Crippen LogP contribution < -0.4 is 5.32 Å². The molecule has 1 aromatic heterocycles. The van der Waals surface area contributed by atoms with Crippen molar-refractivity contribution in [3.05, 3.63) is 87.7 Å². The van der Waals surface area contributed by atoms with E-state index in [0.717, 1.165) is 22.8 Å². The number of benzene rings is 3. The third kappa shape index (κ3) is 7.25. The molecular weight excluding hydrogens is 601 g/mol. The zero-order valence-corrected chi connectivity index (χ0v) is 23.6. The van der Waals surface area contributed by atoms with Crippen LogP contribution in [0.4, 0.5) is 28.4 Å². The van der Waals surface area contributed by atoms with Crippen molar-refractivity contribution in [3.63, 3.8) is 0 Å². The van der Waals surface area contributed by atoms with Gasteiger partial charge in [-0.25, -0.2) is 24.3 Å². The molecule has 3 aromatic carbocycles. The molecule has 4 rings (SSSR count). The molecule has 0 spiro atoms. The molecule has 0 atom stereocenters. The summed E-state index contributed by atoms with van der Waals surface area (Å²) in [6, 6.07) is 14.9. The molecule has 0 saturated carbocycles.